The molecule has 0 fully saturated rings. The van der Waals surface area contributed by atoms with Crippen LogP contribution in [0.25, 0.3) is 10.2 Å². The van der Waals surface area contributed by atoms with Gasteiger partial charge in [0.1, 0.15) is 21.7 Å². The highest BCUT2D eigenvalue weighted by atomic mass is 32.1. The Labute approximate surface area is 184 Å². The van der Waals surface area contributed by atoms with Crippen LogP contribution in [0.15, 0.2) is 54.7 Å². The molecule has 2 aromatic carbocycles. The number of hydrogen-bond donors (Lipinski definition) is 0. The molecule has 0 N–H and O–H groups in total. The minimum atomic E-state index is -0.208. The molecular weight excluding hydrogens is 412 g/mol. The Morgan fingerprint density at radius 2 is 1.77 bits per heavy atom. The third-order valence-corrected chi connectivity index (χ3v) is 6.01. The van der Waals surface area contributed by atoms with Gasteiger partial charge in [-0.3, -0.25) is 14.4 Å². The van der Waals surface area contributed by atoms with Crippen molar-refractivity contribution < 1.29 is 14.3 Å². The molecule has 1 amide bonds. The predicted octanol–water partition coefficient (Wildman–Crippen LogP) is 4.94. The fourth-order valence-corrected chi connectivity index (χ4v) is 4.33. The second-order valence-corrected chi connectivity index (χ2v) is 8.27. The quantitative estimate of drug-likeness (QED) is 0.410. The van der Waals surface area contributed by atoms with Crippen molar-refractivity contribution in [3.63, 3.8) is 0 Å². The Morgan fingerprint density at radius 3 is 2.42 bits per heavy atom. The molecule has 0 aliphatic heterocycles. The Kier molecular flexibility index (Phi) is 5.90. The first-order valence-corrected chi connectivity index (χ1v) is 10.8. The fraction of sp³-hybridized carbons (Fsp3) is 0.261. The van der Waals surface area contributed by atoms with Crippen LogP contribution in [0.3, 0.4) is 0 Å². The lowest BCUT2D eigenvalue weighted by molar-refractivity contribution is 0.0979. The maximum atomic E-state index is 13.5. The fourth-order valence-electron chi connectivity index (χ4n) is 3.26. The van der Waals surface area contributed by atoms with Gasteiger partial charge in [0.25, 0.3) is 5.91 Å². The van der Waals surface area contributed by atoms with E-state index >= 15 is 0 Å². The molecule has 31 heavy (non-hydrogen) atoms. The maximum Gasteiger partial charge on any atom is 0.280 e. The van der Waals surface area contributed by atoms with Crippen LogP contribution in [0.1, 0.15) is 35.9 Å². The summed E-state index contributed by atoms with van der Waals surface area (Å²) in [4.78, 5) is 19.9. The van der Waals surface area contributed by atoms with Gasteiger partial charge in [0.2, 0.25) is 0 Å². The summed E-state index contributed by atoms with van der Waals surface area (Å²) in [7, 11) is 3.22. The van der Waals surface area contributed by atoms with Crippen molar-refractivity contribution in [1.82, 2.24) is 14.8 Å². The molecule has 4 rings (SSSR count). The summed E-state index contributed by atoms with van der Waals surface area (Å²) in [5.74, 6) is 1.12. The number of carbonyl (C=O) groups excluding carboxylic acids is 1. The number of nitrogens with zero attached hydrogens (tertiary/aromatic N) is 4. The predicted molar refractivity (Wildman–Crippen MR) is 122 cm³/mol. The van der Waals surface area contributed by atoms with E-state index in [2.05, 4.69) is 5.10 Å². The first-order valence-electron chi connectivity index (χ1n) is 9.94. The summed E-state index contributed by atoms with van der Waals surface area (Å²) < 4.78 is 13.6. The van der Waals surface area contributed by atoms with Crippen LogP contribution >= 0.6 is 11.3 Å². The number of amides is 1. The number of rotatable bonds is 7. The zero-order valence-electron chi connectivity index (χ0n) is 17.9. The molecule has 0 radical (unpaired) electrons. The molecule has 0 aliphatic rings. The van der Waals surface area contributed by atoms with Crippen molar-refractivity contribution in [2.45, 2.75) is 26.4 Å². The number of benzene rings is 2. The van der Waals surface area contributed by atoms with Gasteiger partial charge >= 0.3 is 0 Å². The summed E-state index contributed by atoms with van der Waals surface area (Å²) in [5, 5.41) is 5.03. The standard InChI is InChI=1S/C23H24N4O3S/c1-15(2)27-13-12-17(25-27)22(28)26(14-16-8-6-5-7-9-16)23-24-20-18(29-3)10-11-19(30-4)21(20)31-23/h5-13,15H,14H2,1-4H3. The Morgan fingerprint density at radius 1 is 1.06 bits per heavy atom. The number of ether oxygens (including phenoxy) is 2. The maximum absolute atomic E-state index is 13.5. The van der Waals surface area contributed by atoms with Gasteiger partial charge < -0.3 is 9.47 Å². The normalized spacial score (nSPS) is 11.1. The van der Waals surface area contributed by atoms with Gasteiger partial charge in [-0.2, -0.15) is 5.10 Å². The van der Waals surface area contributed by atoms with Crippen molar-refractivity contribution >= 4 is 32.6 Å². The topological polar surface area (TPSA) is 69.5 Å². The summed E-state index contributed by atoms with van der Waals surface area (Å²) in [6, 6.07) is 15.4. The number of carbonyl (C=O) groups is 1. The lowest BCUT2D eigenvalue weighted by Gasteiger charge is -2.19. The van der Waals surface area contributed by atoms with E-state index < -0.39 is 0 Å². The summed E-state index contributed by atoms with van der Waals surface area (Å²) >= 11 is 1.40. The lowest BCUT2D eigenvalue weighted by atomic mass is 10.2. The summed E-state index contributed by atoms with van der Waals surface area (Å²) in [5.41, 5.74) is 2.04. The van der Waals surface area contributed by atoms with Crippen molar-refractivity contribution in [2.75, 3.05) is 19.1 Å². The zero-order chi connectivity index (χ0) is 22.0. The minimum absolute atomic E-state index is 0.167. The number of thiazole rings is 1. The average Bonchev–Trinajstić information content (AvgIpc) is 3.45. The highest BCUT2D eigenvalue weighted by Gasteiger charge is 2.25. The van der Waals surface area contributed by atoms with Crippen LogP contribution < -0.4 is 14.4 Å². The highest BCUT2D eigenvalue weighted by Crippen LogP contribution is 2.40. The second kappa shape index (κ2) is 8.77. The molecule has 0 atom stereocenters. The van der Waals surface area contributed by atoms with E-state index in [4.69, 9.17) is 14.5 Å². The molecule has 0 saturated carbocycles. The third-order valence-electron chi connectivity index (χ3n) is 4.92. The molecular formula is C23H24N4O3S. The molecule has 7 nitrogen and oxygen atoms in total. The van der Waals surface area contributed by atoms with Crippen LogP contribution in [-0.2, 0) is 6.54 Å². The number of hydrogen-bond acceptors (Lipinski definition) is 6. The minimum Gasteiger partial charge on any atom is -0.495 e. The van der Waals surface area contributed by atoms with Crippen molar-refractivity contribution in [3.8, 4) is 11.5 Å². The van der Waals surface area contributed by atoms with E-state index in [1.54, 1.807) is 29.9 Å². The Balaban J connectivity index is 1.81. The van der Waals surface area contributed by atoms with Crippen LogP contribution in [0.2, 0.25) is 0 Å². The Bertz CT molecular complexity index is 1160. The van der Waals surface area contributed by atoms with Gasteiger partial charge in [0.05, 0.1) is 20.8 Å². The first kappa shape index (κ1) is 20.9. The number of anilines is 1. The molecule has 2 aromatic heterocycles. The molecule has 0 aliphatic carbocycles. The van der Waals surface area contributed by atoms with E-state index in [-0.39, 0.29) is 11.9 Å². The molecule has 0 bridgehead atoms. The largest absolute Gasteiger partial charge is 0.495 e. The van der Waals surface area contributed by atoms with Gasteiger partial charge in [0, 0.05) is 12.2 Å². The second-order valence-electron chi connectivity index (χ2n) is 7.30. The number of methoxy groups -OCH3 is 2. The van der Waals surface area contributed by atoms with E-state index in [9.17, 15) is 4.79 Å². The average molecular weight is 437 g/mol. The summed E-state index contributed by atoms with van der Waals surface area (Å²) in [6.45, 7) is 4.42. The molecule has 0 saturated heterocycles. The van der Waals surface area contributed by atoms with E-state index in [1.807, 2.05) is 62.5 Å². The van der Waals surface area contributed by atoms with Gasteiger partial charge in [-0.25, -0.2) is 4.98 Å². The third kappa shape index (κ3) is 4.11. The van der Waals surface area contributed by atoms with E-state index in [0.717, 1.165) is 10.3 Å². The SMILES string of the molecule is COc1ccc(OC)c2sc(N(Cc3ccccc3)C(=O)c3ccn(C(C)C)n3)nc12. The van der Waals surface area contributed by atoms with E-state index in [0.29, 0.717) is 34.4 Å². The molecule has 0 unspecified atom stereocenters. The van der Waals surface area contributed by atoms with E-state index in [1.165, 1.54) is 11.3 Å². The number of fused-ring (bicyclic) bond motifs is 1. The van der Waals surface area contributed by atoms with Crippen LogP contribution in [-0.4, -0.2) is 34.9 Å². The van der Waals surface area contributed by atoms with Crippen LogP contribution in [0.5, 0.6) is 11.5 Å². The zero-order valence-corrected chi connectivity index (χ0v) is 18.7. The molecule has 8 heteroatoms. The van der Waals surface area contributed by atoms with Gasteiger partial charge in [0.15, 0.2) is 10.8 Å². The monoisotopic (exact) mass is 436 g/mol. The lowest BCUT2D eigenvalue weighted by Crippen LogP contribution is -2.30. The van der Waals surface area contributed by atoms with Gasteiger partial charge in [-0.05, 0) is 37.6 Å². The number of aromatic nitrogens is 3. The highest BCUT2D eigenvalue weighted by molar-refractivity contribution is 7.22. The van der Waals surface area contributed by atoms with Crippen LogP contribution in [0.4, 0.5) is 5.13 Å². The molecule has 160 valence electrons. The molecule has 2 heterocycles. The molecule has 0 spiro atoms. The van der Waals surface area contributed by atoms with Gasteiger partial charge in [-0.15, -0.1) is 0 Å². The Hall–Kier alpha value is -3.39. The van der Waals surface area contributed by atoms with Crippen LogP contribution in [0, 0.1) is 0 Å². The summed E-state index contributed by atoms with van der Waals surface area (Å²) in [6.07, 6.45) is 1.82. The molecule has 4 aromatic rings. The van der Waals surface area contributed by atoms with Crippen molar-refractivity contribution in [2.24, 2.45) is 0 Å². The van der Waals surface area contributed by atoms with Gasteiger partial charge in [-0.1, -0.05) is 41.7 Å². The first-order chi connectivity index (χ1) is 15.0. The van der Waals surface area contributed by atoms with Crippen molar-refractivity contribution in [1.29, 1.82) is 0 Å². The smallest absolute Gasteiger partial charge is 0.280 e. The van der Waals surface area contributed by atoms with Crippen molar-refractivity contribution in [3.05, 3.63) is 66.0 Å².